The van der Waals surface area contributed by atoms with Crippen LogP contribution in [0.15, 0.2) is 17.7 Å². The van der Waals surface area contributed by atoms with Crippen LogP contribution in [0.25, 0.3) is 5.57 Å². The second-order valence-corrected chi connectivity index (χ2v) is 7.99. The smallest absolute Gasteiger partial charge is 0.261 e. The lowest BCUT2D eigenvalue weighted by molar-refractivity contribution is -0.242. The summed E-state index contributed by atoms with van der Waals surface area (Å²) in [7, 11) is 3.26. The van der Waals surface area contributed by atoms with Crippen LogP contribution in [0.5, 0.6) is 0 Å². The van der Waals surface area contributed by atoms with Crippen LogP contribution in [-0.4, -0.2) is 26.6 Å². The Labute approximate surface area is 149 Å². The Morgan fingerprint density at radius 3 is 2.68 bits per heavy atom. The number of benzene rings is 1. The molecule has 0 spiro atoms. The van der Waals surface area contributed by atoms with E-state index in [1.165, 1.54) is 5.57 Å². The lowest BCUT2D eigenvalue weighted by Gasteiger charge is -2.48. The van der Waals surface area contributed by atoms with Gasteiger partial charge in [-0.2, -0.15) is 0 Å². The first-order valence-electron chi connectivity index (χ1n) is 9.02. The average molecular weight is 342 g/mol. The van der Waals surface area contributed by atoms with Crippen LogP contribution in [0.2, 0.25) is 0 Å². The van der Waals surface area contributed by atoms with Crippen molar-refractivity contribution in [2.75, 3.05) is 20.8 Å². The van der Waals surface area contributed by atoms with Crippen LogP contribution in [0.3, 0.4) is 0 Å². The molecule has 0 amide bonds. The normalized spacial score (nSPS) is 30.1. The number of rotatable bonds is 2. The molecular formula is C21H26O4. The third kappa shape index (κ3) is 2.08. The predicted molar refractivity (Wildman–Crippen MR) is 95.1 cm³/mol. The Kier molecular flexibility index (Phi) is 3.73. The number of carbonyl (C=O) groups excluding carboxylic acids is 1. The summed E-state index contributed by atoms with van der Waals surface area (Å²) in [6, 6.07) is 4.26. The van der Waals surface area contributed by atoms with Crippen LogP contribution in [0.1, 0.15) is 61.5 Å². The quantitative estimate of drug-likeness (QED) is 0.813. The third-order valence-corrected chi connectivity index (χ3v) is 6.18. The zero-order valence-corrected chi connectivity index (χ0v) is 15.7. The minimum Gasteiger partial charge on any atom is -0.374 e. The fourth-order valence-corrected chi connectivity index (χ4v) is 4.96. The summed E-state index contributed by atoms with van der Waals surface area (Å²) in [5.74, 6) is -1.36. The number of carbonyl (C=O) groups is 1. The molecule has 25 heavy (non-hydrogen) atoms. The second kappa shape index (κ2) is 5.50. The number of Topliss-reactive ketones (excluding diaryl/α,β-unsaturated/α-hetero) is 1. The standard InChI is InChI=1S/C21H26O4/c1-12-8-9-14-13-7-6-10-20(2,3)18(13)19(22)21(24-5)17(14)16(12)15(23-4)11-25-21/h8-9,15H,6-7,10-11H2,1-5H3/t15-,21+/m1/s1. The van der Waals surface area contributed by atoms with Crippen molar-refractivity contribution in [3.8, 4) is 0 Å². The topological polar surface area (TPSA) is 44.8 Å². The summed E-state index contributed by atoms with van der Waals surface area (Å²) in [6.07, 6.45) is 2.85. The molecule has 2 atom stereocenters. The molecule has 0 saturated heterocycles. The monoisotopic (exact) mass is 342 g/mol. The van der Waals surface area contributed by atoms with Crippen molar-refractivity contribution in [3.63, 3.8) is 0 Å². The van der Waals surface area contributed by atoms with E-state index in [4.69, 9.17) is 14.2 Å². The van der Waals surface area contributed by atoms with Crippen molar-refractivity contribution in [2.45, 2.75) is 51.9 Å². The first-order valence-corrected chi connectivity index (χ1v) is 9.02. The van der Waals surface area contributed by atoms with Crippen molar-refractivity contribution >= 4 is 11.4 Å². The Balaban J connectivity index is 2.10. The van der Waals surface area contributed by atoms with Gasteiger partial charge in [0.15, 0.2) is 0 Å². The molecule has 4 nitrogen and oxygen atoms in total. The maximum Gasteiger partial charge on any atom is 0.261 e. The average Bonchev–Trinajstić information content (AvgIpc) is 2.59. The van der Waals surface area contributed by atoms with Crippen LogP contribution in [0, 0.1) is 12.3 Å². The number of ether oxygens (including phenoxy) is 3. The second-order valence-electron chi connectivity index (χ2n) is 7.99. The van der Waals surface area contributed by atoms with Gasteiger partial charge in [0, 0.05) is 25.4 Å². The van der Waals surface area contributed by atoms with E-state index in [9.17, 15) is 4.79 Å². The third-order valence-electron chi connectivity index (χ3n) is 6.18. The minimum absolute atomic E-state index is 0.0244. The van der Waals surface area contributed by atoms with Crippen molar-refractivity contribution in [2.24, 2.45) is 5.41 Å². The SMILES string of the molecule is CO[C@@H]1CO[C@]2(OC)C(=O)C3=C(CCCC3(C)C)c3ccc(C)c1c32. The molecule has 1 heterocycles. The van der Waals surface area contributed by atoms with E-state index in [1.807, 2.05) is 0 Å². The fourth-order valence-electron chi connectivity index (χ4n) is 4.96. The van der Waals surface area contributed by atoms with E-state index < -0.39 is 5.79 Å². The Morgan fingerprint density at radius 1 is 1.24 bits per heavy atom. The van der Waals surface area contributed by atoms with Gasteiger partial charge in [-0.3, -0.25) is 4.79 Å². The molecule has 0 unspecified atom stereocenters. The molecule has 0 N–H and O–H groups in total. The van der Waals surface area contributed by atoms with Crippen LogP contribution in [-0.2, 0) is 24.8 Å². The molecule has 3 aliphatic rings. The van der Waals surface area contributed by atoms with Crippen molar-refractivity contribution < 1.29 is 19.0 Å². The predicted octanol–water partition coefficient (Wildman–Crippen LogP) is 4.06. The van der Waals surface area contributed by atoms with E-state index in [2.05, 4.69) is 32.9 Å². The summed E-state index contributed by atoms with van der Waals surface area (Å²) < 4.78 is 17.6. The lowest BCUT2D eigenvalue weighted by atomic mass is 9.63. The highest BCUT2D eigenvalue weighted by molar-refractivity contribution is 6.12. The van der Waals surface area contributed by atoms with Crippen molar-refractivity contribution in [1.82, 2.24) is 0 Å². The van der Waals surface area contributed by atoms with Gasteiger partial charge in [-0.1, -0.05) is 26.0 Å². The summed E-state index contributed by atoms with van der Waals surface area (Å²) in [4.78, 5) is 13.7. The van der Waals surface area contributed by atoms with Crippen LogP contribution < -0.4 is 0 Å². The molecule has 1 aliphatic heterocycles. The van der Waals surface area contributed by atoms with Gasteiger partial charge >= 0.3 is 0 Å². The molecule has 4 heteroatoms. The van der Waals surface area contributed by atoms with Crippen LogP contribution >= 0.6 is 0 Å². The van der Waals surface area contributed by atoms with Crippen LogP contribution in [0.4, 0.5) is 0 Å². The highest BCUT2D eigenvalue weighted by Crippen LogP contribution is 2.56. The van der Waals surface area contributed by atoms with E-state index in [-0.39, 0.29) is 17.3 Å². The Morgan fingerprint density at radius 2 is 2.00 bits per heavy atom. The van der Waals surface area contributed by atoms with Crippen molar-refractivity contribution in [1.29, 1.82) is 0 Å². The molecule has 0 aromatic heterocycles. The first kappa shape index (κ1) is 17.0. The van der Waals surface area contributed by atoms with E-state index in [1.54, 1.807) is 14.2 Å². The molecular weight excluding hydrogens is 316 g/mol. The zero-order chi connectivity index (χ0) is 18.0. The highest BCUT2D eigenvalue weighted by atomic mass is 16.7. The number of allylic oxidation sites excluding steroid dienone is 1. The van der Waals surface area contributed by atoms with E-state index in [0.29, 0.717) is 6.61 Å². The number of aryl methyl sites for hydroxylation is 1. The van der Waals surface area contributed by atoms with Gasteiger partial charge in [0.05, 0.1) is 6.61 Å². The summed E-state index contributed by atoms with van der Waals surface area (Å²) in [5.41, 5.74) is 6.03. The fraction of sp³-hybridized carbons (Fsp3) is 0.571. The van der Waals surface area contributed by atoms with Gasteiger partial charge in [0.2, 0.25) is 5.78 Å². The molecule has 0 fully saturated rings. The van der Waals surface area contributed by atoms with Gasteiger partial charge < -0.3 is 14.2 Å². The summed E-state index contributed by atoms with van der Waals surface area (Å²) in [5, 5.41) is 0. The Hall–Kier alpha value is -1.49. The molecule has 1 aromatic carbocycles. The van der Waals surface area contributed by atoms with Gasteiger partial charge in [-0.25, -0.2) is 0 Å². The van der Waals surface area contributed by atoms with Gasteiger partial charge in [-0.15, -0.1) is 0 Å². The summed E-state index contributed by atoms with van der Waals surface area (Å²) in [6.45, 7) is 6.69. The highest BCUT2D eigenvalue weighted by Gasteiger charge is 2.56. The van der Waals surface area contributed by atoms with Gasteiger partial charge in [0.25, 0.3) is 5.79 Å². The molecule has 0 saturated carbocycles. The number of fused-ring (bicyclic) bond motifs is 1. The van der Waals surface area contributed by atoms with Gasteiger partial charge in [0.1, 0.15) is 6.10 Å². The molecule has 4 rings (SSSR count). The molecule has 0 radical (unpaired) electrons. The molecule has 2 aliphatic carbocycles. The number of methoxy groups -OCH3 is 2. The molecule has 134 valence electrons. The largest absolute Gasteiger partial charge is 0.374 e. The van der Waals surface area contributed by atoms with Gasteiger partial charge in [-0.05, 0) is 53.9 Å². The first-order chi connectivity index (χ1) is 11.9. The summed E-state index contributed by atoms with van der Waals surface area (Å²) >= 11 is 0. The Bertz CT molecular complexity index is 789. The maximum atomic E-state index is 13.7. The number of ketones is 1. The van der Waals surface area contributed by atoms with Crippen molar-refractivity contribution in [3.05, 3.63) is 40.0 Å². The minimum atomic E-state index is -1.33. The van der Waals surface area contributed by atoms with E-state index in [0.717, 1.165) is 47.1 Å². The van der Waals surface area contributed by atoms with E-state index >= 15 is 0 Å². The molecule has 1 aromatic rings. The lowest BCUT2D eigenvalue weighted by Crippen LogP contribution is -2.51. The molecule has 0 bridgehead atoms. The number of hydrogen-bond donors (Lipinski definition) is 0. The number of hydrogen-bond acceptors (Lipinski definition) is 4. The maximum absolute atomic E-state index is 13.7. The zero-order valence-electron chi connectivity index (χ0n) is 15.7.